The number of hydrogen-bond donors (Lipinski definition) is 0. The van der Waals surface area contributed by atoms with E-state index in [2.05, 4.69) is 0 Å². The molecule has 0 saturated heterocycles. The lowest BCUT2D eigenvalue weighted by Crippen LogP contribution is -1.69. The summed E-state index contributed by atoms with van der Waals surface area (Å²) < 4.78 is 0. The number of carbonyl (C=O) groups is 1. The number of hydrogen-bond acceptors (Lipinski definition) is 1. The molecule has 0 aliphatic heterocycles. The zero-order valence-electron chi connectivity index (χ0n) is 13.8. The van der Waals surface area contributed by atoms with Gasteiger partial charge in [-0.25, -0.2) is 0 Å². The third-order valence-corrected chi connectivity index (χ3v) is 1.33. The quantitative estimate of drug-likeness (QED) is 0.574. The van der Waals surface area contributed by atoms with E-state index in [0.717, 1.165) is 0 Å². The maximum absolute atomic E-state index is 9.44. The van der Waals surface area contributed by atoms with Gasteiger partial charge in [0.15, 0.2) is 0 Å². The van der Waals surface area contributed by atoms with Gasteiger partial charge in [-0.2, -0.15) is 0 Å². The van der Waals surface area contributed by atoms with E-state index >= 15 is 0 Å². The van der Waals surface area contributed by atoms with Gasteiger partial charge in [-0.05, 0) is 13.8 Å². The fourth-order valence-corrected chi connectivity index (χ4v) is 0.770. The highest BCUT2D eigenvalue weighted by Crippen LogP contribution is 1.80. The molecule has 2 rings (SSSR count). The van der Waals surface area contributed by atoms with Crippen molar-refractivity contribution in [3.8, 4) is 0 Å². The van der Waals surface area contributed by atoms with Crippen LogP contribution in [-0.2, 0) is 4.79 Å². The monoisotopic (exact) mass is 274 g/mol. The first-order chi connectivity index (χ1) is 9.73. The molecule has 0 bridgehead atoms. The fraction of sp³-hybridized carbons (Fsp3) is 0.316. The van der Waals surface area contributed by atoms with Gasteiger partial charge in [-0.1, -0.05) is 100 Å². The molecule has 0 aliphatic carbocycles. The van der Waals surface area contributed by atoms with Crippen molar-refractivity contribution in [2.75, 3.05) is 0 Å². The third-order valence-electron chi connectivity index (χ3n) is 1.33. The first-order valence-electron chi connectivity index (χ1n) is 7.20. The highest BCUT2D eigenvalue weighted by Gasteiger charge is 1.62. The molecule has 0 unspecified atom stereocenters. The second kappa shape index (κ2) is 25.8. The Morgan fingerprint density at radius 3 is 0.550 bits per heavy atom. The van der Waals surface area contributed by atoms with Crippen LogP contribution in [0.2, 0.25) is 0 Å². The molecule has 112 valence electrons. The Labute approximate surface area is 125 Å². The Hall–Kier alpha value is -1.89. The highest BCUT2D eigenvalue weighted by atomic mass is 16.1. The average Bonchev–Trinajstić information content (AvgIpc) is 2.55. The van der Waals surface area contributed by atoms with E-state index in [0.29, 0.717) is 0 Å². The number of benzene rings is 2. The van der Waals surface area contributed by atoms with Gasteiger partial charge in [0, 0.05) is 0 Å². The van der Waals surface area contributed by atoms with Crippen LogP contribution < -0.4 is 0 Å². The SMILES string of the molecule is CC.CC.CC(C)=O.c1ccccc1.c1ccccc1. The first kappa shape index (κ1) is 23.2. The molecule has 1 nitrogen and oxygen atoms in total. The summed E-state index contributed by atoms with van der Waals surface area (Å²) in [5.41, 5.74) is 0. The van der Waals surface area contributed by atoms with E-state index in [1.165, 1.54) is 13.8 Å². The van der Waals surface area contributed by atoms with Gasteiger partial charge >= 0.3 is 0 Å². The molecule has 2 aromatic carbocycles. The van der Waals surface area contributed by atoms with Gasteiger partial charge in [-0.3, -0.25) is 0 Å². The van der Waals surface area contributed by atoms with Crippen molar-refractivity contribution in [2.45, 2.75) is 41.5 Å². The van der Waals surface area contributed by atoms with E-state index in [-0.39, 0.29) is 5.78 Å². The largest absolute Gasteiger partial charge is 0.300 e. The van der Waals surface area contributed by atoms with Crippen molar-refractivity contribution in [1.82, 2.24) is 0 Å². The first-order valence-corrected chi connectivity index (χ1v) is 7.20. The molecule has 0 atom stereocenters. The Morgan fingerprint density at radius 1 is 0.450 bits per heavy atom. The van der Waals surface area contributed by atoms with Gasteiger partial charge in [0.2, 0.25) is 0 Å². The summed E-state index contributed by atoms with van der Waals surface area (Å²) in [5, 5.41) is 0. The zero-order valence-corrected chi connectivity index (χ0v) is 13.8. The summed E-state index contributed by atoms with van der Waals surface area (Å²) >= 11 is 0. The average molecular weight is 274 g/mol. The molecule has 0 fully saturated rings. The standard InChI is InChI=1S/2C6H6.C3H6O.2C2H6/c2*1-2-4-6-5-3-1;1-3(2)4;2*1-2/h2*1-6H;1-2H3;2*1-2H3. The normalized spacial score (nSPS) is 6.70. The predicted molar refractivity (Wildman–Crippen MR) is 91.9 cm³/mol. The summed E-state index contributed by atoms with van der Waals surface area (Å²) in [4.78, 5) is 9.44. The smallest absolute Gasteiger partial charge is 0.126 e. The third kappa shape index (κ3) is 36.0. The second-order valence-corrected chi connectivity index (χ2v) is 3.22. The number of rotatable bonds is 0. The van der Waals surface area contributed by atoms with E-state index in [1.54, 1.807) is 0 Å². The van der Waals surface area contributed by atoms with E-state index in [1.807, 2.05) is 100 Å². The lowest BCUT2D eigenvalue weighted by Gasteiger charge is -1.69. The van der Waals surface area contributed by atoms with Gasteiger partial charge in [0.25, 0.3) is 0 Å². The molecule has 0 radical (unpaired) electrons. The van der Waals surface area contributed by atoms with Crippen molar-refractivity contribution in [1.29, 1.82) is 0 Å². The van der Waals surface area contributed by atoms with Crippen LogP contribution in [0.25, 0.3) is 0 Å². The minimum absolute atomic E-state index is 0.167. The van der Waals surface area contributed by atoms with Crippen LogP contribution in [0.4, 0.5) is 0 Å². The molecular weight excluding hydrogens is 244 g/mol. The Balaban J connectivity index is -0.000000196. The summed E-state index contributed by atoms with van der Waals surface area (Å²) in [6, 6.07) is 24.0. The van der Waals surface area contributed by atoms with Crippen LogP contribution in [0.5, 0.6) is 0 Å². The fourth-order valence-electron chi connectivity index (χ4n) is 0.770. The Kier molecular flexibility index (Phi) is 30.0. The minimum atomic E-state index is 0.167. The van der Waals surface area contributed by atoms with E-state index < -0.39 is 0 Å². The second-order valence-electron chi connectivity index (χ2n) is 3.22. The molecule has 0 heterocycles. The summed E-state index contributed by atoms with van der Waals surface area (Å²) in [7, 11) is 0. The lowest BCUT2D eigenvalue weighted by atomic mass is 10.4. The van der Waals surface area contributed by atoms with Crippen LogP contribution >= 0.6 is 0 Å². The van der Waals surface area contributed by atoms with Crippen LogP contribution in [-0.4, -0.2) is 5.78 Å². The van der Waals surface area contributed by atoms with Crippen molar-refractivity contribution in [2.24, 2.45) is 0 Å². The minimum Gasteiger partial charge on any atom is -0.300 e. The molecule has 0 aliphatic rings. The van der Waals surface area contributed by atoms with Gasteiger partial charge < -0.3 is 4.79 Å². The molecule has 2 aromatic rings. The number of Topliss-reactive ketones (excluding diaryl/α,β-unsaturated/α-hetero) is 1. The van der Waals surface area contributed by atoms with Gasteiger partial charge in [0.05, 0.1) is 0 Å². The maximum Gasteiger partial charge on any atom is 0.126 e. The number of ketones is 1. The molecule has 0 amide bonds. The Morgan fingerprint density at radius 2 is 0.500 bits per heavy atom. The van der Waals surface area contributed by atoms with Gasteiger partial charge in [-0.15, -0.1) is 0 Å². The van der Waals surface area contributed by atoms with Gasteiger partial charge in [0.1, 0.15) is 5.78 Å². The molecule has 0 N–H and O–H groups in total. The predicted octanol–water partition coefficient (Wildman–Crippen LogP) is 6.02. The number of carbonyl (C=O) groups excluding carboxylic acids is 1. The summed E-state index contributed by atoms with van der Waals surface area (Å²) in [5.74, 6) is 0.167. The topological polar surface area (TPSA) is 17.1 Å². The molecule has 20 heavy (non-hydrogen) atoms. The van der Waals surface area contributed by atoms with E-state index in [9.17, 15) is 4.79 Å². The van der Waals surface area contributed by atoms with Crippen LogP contribution in [0.15, 0.2) is 72.8 Å². The Bertz CT molecular complexity index is 252. The van der Waals surface area contributed by atoms with Crippen molar-refractivity contribution < 1.29 is 4.79 Å². The van der Waals surface area contributed by atoms with Crippen molar-refractivity contribution in [3.05, 3.63) is 72.8 Å². The lowest BCUT2D eigenvalue weighted by molar-refractivity contribution is -0.114. The zero-order chi connectivity index (χ0) is 16.1. The molecule has 1 heteroatoms. The highest BCUT2D eigenvalue weighted by molar-refractivity contribution is 5.72. The maximum atomic E-state index is 9.44. The van der Waals surface area contributed by atoms with E-state index in [4.69, 9.17) is 0 Å². The molecule has 0 aromatic heterocycles. The summed E-state index contributed by atoms with van der Waals surface area (Å²) in [6.45, 7) is 11.1. The summed E-state index contributed by atoms with van der Waals surface area (Å²) in [6.07, 6.45) is 0. The van der Waals surface area contributed by atoms with Crippen molar-refractivity contribution in [3.63, 3.8) is 0 Å². The van der Waals surface area contributed by atoms with Crippen LogP contribution in [0.3, 0.4) is 0 Å². The van der Waals surface area contributed by atoms with Crippen LogP contribution in [0, 0.1) is 0 Å². The molecule has 0 spiro atoms. The molecule has 0 saturated carbocycles. The van der Waals surface area contributed by atoms with Crippen molar-refractivity contribution >= 4 is 5.78 Å². The van der Waals surface area contributed by atoms with Crippen LogP contribution in [0.1, 0.15) is 41.5 Å². The molecular formula is C19H30O.